The van der Waals surface area contributed by atoms with Crippen molar-refractivity contribution < 1.29 is 13.9 Å². The normalized spacial score (nSPS) is 18.2. The van der Waals surface area contributed by atoms with E-state index in [4.69, 9.17) is 9.15 Å². The summed E-state index contributed by atoms with van der Waals surface area (Å²) in [5.41, 5.74) is 2.27. The molecule has 1 amide bonds. The number of amides is 1. The number of carbonyl (C=O) groups is 1. The molecule has 0 N–H and O–H groups in total. The summed E-state index contributed by atoms with van der Waals surface area (Å²) in [5, 5.41) is 1.16. The molecule has 1 aromatic carbocycles. The molecular formula is C20H25NO3. The Morgan fingerprint density at radius 2 is 1.83 bits per heavy atom. The van der Waals surface area contributed by atoms with E-state index in [1.165, 1.54) is 31.2 Å². The number of carbonyl (C=O) groups excluding carboxylic acids is 1. The Kier molecular flexibility index (Phi) is 4.46. The molecule has 1 aliphatic heterocycles. The Balaban J connectivity index is 1.45. The van der Waals surface area contributed by atoms with Gasteiger partial charge in [-0.3, -0.25) is 4.79 Å². The summed E-state index contributed by atoms with van der Waals surface area (Å²) < 4.78 is 11.7. The number of hydrogen-bond donors (Lipinski definition) is 0. The van der Waals surface area contributed by atoms with Crippen LogP contribution in [0.15, 0.2) is 22.6 Å². The smallest absolute Gasteiger partial charge is 0.260 e. The molecule has 128 valence electrons. The quantitative estimate of drug-likeness (QED) is 0.852. The minimum atomic E-state index is 0.103. The molecule has 0 bridgehead atoms. The van der Waals surface area contributed by atoms with Gasteiger partial charge in [-0.2, -0.15) is 0 Å². The molecule has 4 nitrogen and oxygen atoms in total. The van der Waals surface area contributed by atoms with E-state index in [-0.39, 0.29) is 12.5 Å². The fraction of sp³-hybridized carbons (Fsp3) is 0.550. The summed E-state index contributed by atoms with van der Waals surface area (Å²) in [4.78, 5) is 14.3. The van der Waals surface area contributed by atoms with E-state index in [0.717, 1.165) is 61.3 Å². The van der Waals surface area contributed by atoms with Crippen molar-refractivity contribution in [3.05, 3.63) is 29.5 Å². The number of hydrogen-bond acceptors (Lipinski definition) is 3. The minimum absolute atomic E-state index is 0.103. The highest BCUT2D eigenvalue weighted by molar-refractivity contribution is 5.84. The van der Waals surface area contributed by atoms with Gasteiger partial charge in [-0.05, 0) is 50.3 Å². The van der Waals surface area contributed by atoms with Gasteiger partial charge in [-0.1, -0.05) is 12.8 Å². The maximum Gasteiger partial charge on any atom is 0.260 e. The van der Waals surface area contributed by atoms with Crippen LogP contribution in [0.1, 0.15) is 49.8 Å². The molecule has 4 rings (SSSR count). The van der Waals surface area contributed by atoms with Crippen molar-refractivity contribution in [2.24, 2.45) is 0 Å². The van der Waals surface area contributed by atoms with Gasteiger partial charge in [0, 0.05) is 30.5 Å². The Morgan fingerprint density at radius 1 is 1.04 bits per heavy atom. The van der Waals surface area contributed by atoms with Crippen LogP contribution >= 0.6 is 0 Å². The Bertz CT molecular complexity index is 726. The molecule has 2 aromatic rings. The molecule has 0 spiro atoms. The first-order valence-electron chi connectivity index (χ1n) is 9.26. The first-order valence-corrected chi connectivity index (χ1v) is 9.26. The number of fused-ring (bicyclic) bond motifs is 3. The zero-order chi connectivity index (χ0) is 16.4. The molecular weight excluding hydrogens is 302 g/mol. The third-order valence-corrected chi connectivity index (χ3v) is 5.25. The van der Waals surface area contributed by atoms with E-state index in [2.05, 4.69) is 0 Å². The molecule has 0 atom stereocenters. The summed E-state index contributed by atoms with van der Waals surface area (Å²) in [6.07, 6.45) is 9.23. The standard InChI is InChI=1S/C20H25NO3/c22-20(21-11-5-1-2-6-12-21)14-23-15-9-10-19-17(13-15)16-7-3-4-8-18(16)24-19/h9-10,13H,1-8,11-12,14H2. The topological polar surface area (TPSA) is 42.7 Å². The number of ether oxygens (including phenoxy) is 1. The van der Waals surface area contributed by atoms with Crippen molar-refractivity contribution in [3.8, 4) is 5.75 Å². The highest BCUT2D eigenvalue weighted by Gasteiger charge is 2.19. The van der Waals surface area contributed by atoms with E-state index >= 15 is 0 Å². The van der Waals surface area contributed by atoms with Crippen molar-refractivity contribution in [1.29, 1.82) is 0 Å². The lowest BCUT2D eigenvalue weighted by molar-refractivity contribution is -0.133. The van der Waals surface area contributed by atoms with Gasteiger partial charge in [0.15, 0.2) is 6.61 Å². The fourth-order valence-electron chi connectivity index (χ4n) is 3.89. The summed E-state index contributed by atoms with van der Waals surface area (Å²) in [6, 6.07) is 5.92. The third kappa shape index (κ3) is 3.14. The molecule has 2 heterocycles. The van der Waals surface area contributed by atoms with E-state index < -0.39 is 0 Å². The van der Waals surface area contributed by atoms with Crippen LogP contribution < -0.4 is 4.74 Å². The number of aryl methyl sites for hydroxylation is 2. The van der Waals surface area contributed by atoms with Crippen LogP contribution in [0.25, 0.3) is 11.0 Å². The van der Waals surface area contributed by atoms with Crippen molar-refractivity contribution in [2.75, 3.05) is 19.7 Å². The summed E-state index contributed by atoms with van der Waals surface area (Å²) >= 11 is 0. The molecule has 1 fully saturated rings. The maximum atomic E-state index is 12.4. The molecule has 4 heteroatoms. The molecule has 0 saturated carbocycles. The first-order chi connectivity index (χ1) is 11.8. The van der Waals surface area contributed by atoms with E-state index in [9.17, 15) is 4.79 Å². The van der Waals surface area contributed by atoms with Crippen LogP contribution in [0.4, 0.5) is 0 Å². The summed E-state index contributed by atoms with van der Waals surface area (Å²) in [5.74, 6) is 2.00. The van der Waals surface area contributed by atoms with Gasteiger partial charge >= 0.3 is 0 Å². The second-order valence-corrected chi connectivity index (χ2v) is 6.95. The van der Waals surface area contributed by atoms with E-state index in [1.807, 2.05) is 23.1 Å². The van der Waals surface area contributed by atoms with Crippen molar-refractivity contribution in [2.45, 2.75) is 51.4 Å². The zero-order valence-corrected chi connectivity index (χ0v) is 14.2. The maximum absolute atomic E-state index is 12.4. The lowest BCUT2D eigenvalue weighted by atomic mass is 9.96. The van der Waals surface area contributed by atoms with Crippen molar-refractivity contribution >= 4 is 16.9 Å². The van der Waals surface area contributed by atoms with E-state index in [0.29, 0.717) is 0 Å². The Labute approximate surface area is 142 Å². The number of nitrogens with zero attached hydrogens (tertiary/aromatic N) is 1. The predicted molar refractivity (Wildman–Crippen MR) is 93.4 cm³/mol. The van der Waals surface area contributed by atoms with Crippen LogP contribution in [-0.2, 0) is 17.6 Å². The lowest BCUT2D eigenvalue weighted by Crippen LogP contribution is -2.35. The summed E-state index contributed by atoms with van der Waals surface area (Å²) in [6.45, 7) is 1.87. The van der Waals surface area contributed by atoms with Gasteiger partial charge in [-0.25, -0.2) is 0 Å². The monoisotopic (exact) mass is 327 g/mol. The summed E-state index contributed by atoms with van der Waals surface area (Å²) in [7, 11) is 0. The molecule has 1 saturated heterocycles. The van der Waals surface area contributed by atoms with Gasteiger partial charge in [-0.15, -0.1) is 0 Å². The molecule has 1 aliphatic carbocycles. The highest BCUT2D eigenvalue weighted by atomic mass is 16.5. The van der Waals surface area contributed by atoms with Crippen LogP contribution in [-0.4, -0.2) is 30.5 Å². The molecule has 0 unspecified atom stereocenters. The van der Waals surface area contributed by atoms with Crippen LogP contribution in [0.5, 0.6) is 5.75 Å². The lowest BCUT2D eigenvalue weighted by Gasteiger charge is -2.20. The number of benzene rings is 1. The number of rotatable bonds is 3. The minimum Gasteiger partial charge on any atom is -0.484 e. The van der Waals surface area contributed by atoms with Gasteiger partial charge in [0.25, 0.3) is 5.91 Å². The SMILES string of the molecule is O=C(COc1ccc2oc3c(c2c1)CCCC3)N1CCCCCC1. The van der Waals surface area contributed by atoms with Crippen molar-refractivity contribution in [3.63, 3.8) is 0 Å². The second-order valence-electron chi connectivity index (χ2n) is 6.95. The Morgan fingerprint density at radius 3 is 2.67 bits per heavy atom. The molecule has 24 heavy (non-hydrogen) atoms. The van der Waals surface area contributed by atoms with Crippen molar-refractivity contribution in [1.82, 2.24) is 4.90 Å². The molecule has 1 aromatic heterocycles. The van der Waals surface area contributed by atoms with E-state index in [1.54, 1.807) is 0 Å². The van der Waals surface area contributed by atoms with Crippen LogP contribution in [0.3, 0.4) is 0 Å². The van der Waals surface area contributed by atoms with Gasteiger partial charge in [0.1, 0.15) is 17.1 Å². The first kappa shape index (κ1) is 15.6. The third-order valence-electron chi connectivity index (χ3n) is 5.25. The average molecular weight is 327 g/mol. The van der Waals surface area contributed by atoms with Gasteiger partial charge < -0.3 is 14.1 Å². The predicted octanol–water partition coefficient (Wildman–Crippen LogP) is 4.09. The highest BCUT2D eigenvalue weighted by Crippen LogP contribution is 2.33. The molecule has 0 radical (unpaired) electrons. The average Bonchev–Trinajstić information content (AvgIpc) is 2.79. The zero-order valence-electron chi connectivity index (χ0n) is 14.2. The largest absolute Gasteiger partial charge is 0.484 e. The van der Waals surface area contributed by atoms with Gasteiger partial charge in [0.05, 0.1) is 0 Å². The van der Waals surface area contributed by atoms with Gasteiger partial charge in [0.2, 0.25) is 0 Å². The molecule has 2 aliphatic rings. The second kappa shape index (κ2) is 6.88. The van der Waals surface area contributed by atoms with Crippen LogP contribution in [0, 0.1) is 0 Å². The Hall–Kier alpha value is -1.97. The van der Waals surface area contributed by atoms with Crippen LogP contribution in [0.2, 0.25) is 0 Å². The fourth-order valence-corrected chi connectivity index (χ4v) is 3.89. The number of likely N-dealkylation sites (tertiary alicyclic amines) is 1. The number of furan rings is 1.